The highest BCUT2D eigenvalue weighted by molar-refractivity contribution is 5.84. The molecule has 34 heavy (non-hydrogen) atoms. The number of benzene rings is 3. The molecule has 176 valence electrons. The summed E-state index contributed by atoms with van der Waals surface area (Å²) in [5.74, 6) is -2.22. The Kier molecular flexibility index (Phi) is 6.10. The van der Waals surface area contributed by atoms with Gasteiger partial charge in [0.25, 0.3) is 5.88 Å². The molecule has 0 fully saturated rings. The van der Waals surface area contributed by atoms with Crippen molar-refractivity contribution in [1.82, 2.24) is 5.16 Å². The molecule has 0 radical (unpaired) electrons. The molecule has 4 rings (SSSR count). The Bertz CT molecular complexity index is 1350. The predicted molar refractivity (Wildman–Crippen MR) is 119 cm³/mol. The summed E-state index contributed by atoms with van der Waals surface area (Å²) in [4.78, 5) is 11.3. The number of nitrogens with zero attached hydrogens (tertiary/aromatic N) is 1. The minimum Gasteiger partial charge on any atom is -0.496 e. The van der Waals surface area contributed by atoms with Crippen LogP contribution >= 0.6 is 0 Å². The molecule has 0 aliphatic heterocycles. The van der Waals surface area contributed by atoms with Gasteiger partial charge in [-0.05, 0) is 60.5 Å². The summed E-state index contributed by atoms with van der Waals surface area (Å²) in [5, 5.41) is 13.6. The number of ether oxygens (including phenoxy) is 3. The van der Waals surface area contributed by atoms with Gasteiger partial charge in [0, 0.05) is 11.6 Å². The van der Waals surface area contributed by atoms with E-state index >= 15 is 0 Å². The van der Waals surface area contributed by atoms with Crippen LogP contribution in [0.5, 0.6) is 17.4 Å². The highest BCUT2D eigenvalue weighted by atomic mass is 19.2. The van der Waals surface area contributed by atoms with Gasteiger partial charge in [-0.3, -0.25) is 0 Å². The van der Waals surface area contributed by atoms with Gasteiger partial charge in [0.05, 0.1) is 12.5 Å². The van der Waals surface area contributed by atoms with Crippen LogP contribution in [0.1, 0.15) is 19.4 Å². The largest absolute Gasteiger partial charge is 0.496 e. The van der Waals surface area contributed by atoms with Crippen molar-refractivity contribution in [3.63, 3.8) is 0 Å². The smallest absolute Gasteiger partial charge is 0.347 e. The molecular weight excluding hydrogens is 448 g/mol. The van der Waals surface area contributed by atoms with Crippen LogP contribution in [0.4, 0.5) is 8.78 Å². The second-order valence-corrected chi connectivity index (χ2v) is 8.02. The number of rotatable bonds is 8. The molecule has 0 aliphatic carbocycles. The average molecular weight is 469 g/mol. The maximum Gasteiger partial charge on any atom is 0.347 e. The fourth-order valence-corrected chi connectivity index (χ4v) is 3.23. The number of carbonyl (C=O) groups is 1. The van der Waals surface area contributed by atoms with Crippen LogP contribution in [0, 0.1) is 11.6 Å². The third-order valence-corrected chi connectivity index (χ3v) is 5.18. The number of halogens is 2. The number of fused-ring (bicyclic) bond motifs is 1. The molecule has 0 atom stereocenters. The Morgan fingerprint density at radius 1 is 1.06 bits per heavy atom. The second kappa shape index (κ2) is 9.01. The lowest BCUT2D eigenvalue weighted by molar-refractivity contribution is -0.152. The molecule has 9 heteroatoms. The molecule has 0 spiro atoms. The number of hydrogen-bond donors (Lipinski definition) is 1. The molecule has 0 bridgehead atoms. The fraction of sp³-hybridized carbons (Fsp3) is 0.200. The molecular formula is C25H21F2NO6. The van der Waals surface area contributed by atoms with E-state index in [-0.39, 0.29) is 18.2 Å². The Hall–Kier alpha value is -4.14. The van der Waals surface area contributed by atoms with Gasteiger partial charge in [-0.1, -0.05) is 18.2 Å². The summed E-state index contributed by atoms with van der Waals surface area (Å²) in [5.41, 5.74) is 0.804. The van der Waals surface area contributed by atoms with Crippen LogP contribution in [-0.2, 0) is 11.4 Å². The molecule has 3 aromatic carbocycles. The van der Waals surface area contributed by atoms with Crippen LogP contribution in [0.15, 0.2) is 59.1 Å². The first-order chi connectivity index (χ1) is 16.2. The molecule has 0 amide bonds. The van der Waals surface area contributed by atoms with Gasteiger partial charge in [0.15, 0.2) is 17.2 Å². The summed E-state index contributed by atoms with van der Waals surface area (Å²) < 4.78 is 48.9. The van der Waals surface area contributed by atoms with Gasteiger partial charge >= 0.3 is 5.97 Å². The van der Waals surface area contributed by atoms with Gasteiger partial charge < -0.3 is 23.8 Å². The van der Waals surface area contributed by atoms with Crippen LogP contribution in [0.2, 0.25) is 0 Å². The topological polar surface area (TPSA) is 91.0 Å². The Morgan fingerprint density at radius 3 is 2.44 bits per heavy atom. The van der Waals surface area contributed by atoms with E-state index in [4.69, 9.17) is 18.7 Å². The molecule has 1 heterocycles. The predicted octanol–water partition coefficient (Wildman–Crippen LogP) is 5.60. The van der Waals surface area contributed by atoms with E-state index in [1.54, 1.807) is 42.5 Å². The SMILES string of the molecule is COc1cc(F)c(F)cc1-c1ccc(OCc2ccc3onc(OC(C)(C)C(=O)O)c3c2)cc1. The van der Waals surface area contributed by atoms with Gasteiger partial charge in [-0.2, -0.15) is 0 Å². The van der Waals surface area contributed by atoms with Gasteiger partial charge in [-0.15, -0.1) is 0 Å². The molecule has 1 aromatic heterocycles. The van der Waals surface area contributed by atoms with Gasteiger partial charge in [-0.25, -0.2) is 13.6 Å². The van der Waals surface area contributed by atoms with Crippen molar-refractivity contribution >= 4 is 16.9 Å². The second-order valence-electron chi connectivity index (χ2n) is 8.02. The molecule has 7 nitrogen and oxygen atoms in total. The summed E-state index contributed by atoms with van der Waals surface area (Å²) in [6.07, 6.45) is 0. The van der Waals surface area contributed by atoms with Gasteiger partial charge in [0.2, 0.25) is 5.60 Å². The summed E-state index contributed by atoms with van der Waals surface area (Å²) in [7, 11) is 1.39. The van der Waals surface area contributed by atoms with Crippen molar-refractivity contribution in [2.24, 2.45) is 0 Å². The lowest BCUT2D eigenvalue weighted by Gasteiger charge is -2.19. The molecule has 0 unspecified atom stereocenters. The van der Waals surface area contributed by atoms with Crippen molar-refractivity contribution in [1.29, 1.82) is 0 Å². The van der Waals surface area contributed by atoms with Crippen molar-refractivity contribution < 1.29 is 37.4 Å². The Balaban J connectivity index is 1.50. The number of carboxylic acid groups (broad SMARTS) is 1. The lowest BCUT2D eigenvalue weighted by atomic mass is 10.0. The zero-order valence-electron chi connectivity index (χ0n) is 18.6. The standard InChI is InChI=1S/C25H21F2NO6/c1-25(2,24(29)30)33-23-18-10-14(4-9-21(18)34-28-23)13-32-16-7-5-15(6-8-16)17-11-19(26)20(27)12-22(17)31-3/h4-12H,13H2,1-3H3,(H,29,30). The van der Waals surface area contributed by atoms with Crippen molar-refractivity contribution in [2.45, 2.75) is 26.1 Å². The fourth-order valence-electron chi connectivity index (χ4n) is 3.23. The van der Waals surface area contributed by atoms with Crippen LogP contribution in [0.3, 0.4) is 0 Å². The van der Waals surface area contributed by atoms with Crippen molar-refractivity contribution in [2.75, 3.05) is 7.11 Å². The number of aliphatic carboxylic acids is 1. The lowest BCUT2D eigenvalue weighted by Crippen LogP contribution is -2.38. The molecule has 4 aromatic rings. The highest BCUT2D eigenvalue weighted by Gasteiger charge is 2.31. The quantitative estimate of drug-likeness (QED) is 0.359. The van der Waals surface area contributed by atoms with Crippen molar-refractivity contribution in [3.05, 3.63) is 71.8 Å². The third kappa shape index (κ3) is 4.63. The molecule has 0 aliphatic rings. The first-order valence-corrected chi connectivity index (χ1v) is 10.2. The summed E-state index contributed by atoms with van der Waals surface area (Å²) in [6.45, 7) is 3.04. The zero-order valence-corrected chi connectivity index (χ0v) is 18.6. The van der Waals surface area contributed by atoms with Crippen LogP contribution in [-0.4, -0.2) is 28.9 Å². The normalized spacial score (nSPS) is 11.4. The van der Waals surface area contributed by atoms with E-state index in [9.17, 15) is 18.7 Å². The average Bonchev–Trinajstić information content (AvgIpc) is 3.20. The van der Waals surface area contributed by atoms with E-state index in [0.29, 0.717) is 27.8 Å². The maximum absolute atomic E-state index is 13.7. The minimum atomic E-state index is -1.48. The first-order valence-electron chi connectivity index (χ1n) is 10.2. The maximum atomic E-state index is 13.7. The Morgan fingerprint density at radius 2 is 1.76 bits per heavy atom. The Labute approximate surface area is 193 Å². The number of methoxy groups -OCH3 is 1. The zero-order chi connectivity index (χ0) is 24.5. The van der Waals surface area contributed by atoms with Gasteiger partial charge in [0.1, 0.15) is 18.1 Å². The van der Waals surface area contributed by atoms with Crippen molar-refractivity contribution in [3.8, 4) is 28.5 Å². The highest BCUT2D eigenvalue weighted by Crippen LogP contribution is 2.33. The van der Waals surface area contributed by atoms with Crippen LogP contribution < -0.4 is 14.2 Å². The van der Waals surface area contributed by atoms with Crippen LogP contribution in [0.25, 0.3) is 22.1 Å². The summed E-state index contributed by atoms with van der Waals surface area (Å²) in [6, 6.07) is 14.2. The molecule has 0 saturated carbocycles. The van der Waals surface area contributed by atoms with E-state index in [2.05, 4.69) is 5.16 Å². The number of hydrogen-bond acceptors (Lipinski definition) is 6. The van der Waals surface area contributed by atoms with E-state index in [1.807, 2.05) is 0 Å². The molecule has 0 saturated heterocycles. The van der Waals surface area contributed by atoms with E-state index in [0.717, 1.165) is 17.7 Å². The molecule has 1 N–H and O–H groups in total. The third-order valence-electron chi connectivity index (χ3n) is 5.18. The first kappa shape index (κ1) is 23.0. The van der Waals surface area contributed by atoms with E-state index in [1.165, 1.54) is 21.0 Å². The van der Waals surface area contributed by atoms with E-state index < -0.39 is 23.2 Å². The number of aromatic nitrogens is 1. The number of carboxylic acids is 1. The monoisotopic (exact) mass is 469 g/mol. The summed E-state index contributed by atoms with van der Waals surface area (Å²) >= 11 is 0. The minimum absolute atomic E-state index is 0.0779.